The lowest BCUT2D eigenvalue weighted by Crippen LogP contribution is -2.48. The molecule has 0 bridgehead atoms. The molecule has 1 aromatic carbocycles. The van der Waals surface area contributed by atoms with Gasteiger partial charge < -0.3 is 14.2 Å². The zero-order chi connectivity index (χ0) is 17.1. The van der Waals surface area contributed by atoms with Crippen molar-refractivity contribution in [3.63, 3.8) is 0 Å². The fraction of sp³-hybridized carbons (Fsp3) is 0.222. The Morgan fingerprint density at radius 3 is 2.72 bits per heavy atom. The van der Waals surface area contributed by atoms with E-state index in [1.165, 1.54) is 6.08 Å². The Morgan fingerprint density at radius 1 is 1.12 bits per heavy atom. The second kappa shape index (κ2) is 6.72. The number of carbonyl (C=O) groups excluding carboxylic acids is 1. The highest BCUT2D eigenvalue weighted by atomic mass is 16.3. The SMILES string of the molecule is O=C(/C=C/c1nc2ccccc2o1)N1CCN(c2cnccn2)CC1. The van der Waals surface area contributed by atoms with Crippen LogP contribution in [0.5, 0.6) is 0 Å². The van der Waals surface area contributed by atoms with Gasteiger partial charge in [-0.05, 0) is 12.1 Å². The molecule has 7 heteroatoms. The summed E-state index contributed by atoms with van der Waals surface area (Å²) in [5, 5.41) is 0. The fourth-order valence-electron chi connectivity index (χ4n) is 2.82. The summed E-state index contributed by atoms with van der Waals surface area (Å²) in [5.74, 6) is 1.24. The van der Waals surface area contributed by atoms with Crippen molar-refractivity contribution < 1.29 is 9.21 Å². The summed E-state index contributed by atoms with van der Waals surface area (Å²) in [5.41, 5.74) is 1.50. The van der Waals surface area contributed by atoms with Gasteiger partial charge in [-0.1, -0.05) is 12.1 Å². The van der Waals surface area contributed by atoms with Crippen LogP contribution in [0.25, 0.3) is 17.2 Å². The van der Waals surface area contributed by atoms with Crippen LogP contribution in [0.4, 0.5) is 5.82 Å². The van der Waals surface area contributed by atoms with Crippen molar-refractivity contribution in [3.8, 4) is 0 Å². The number of hydrogen-bond acceptors (Lipinski definition) is 6. The molecule has 0 atom stereocenters. The molecule has 25 heavy (non-hydrogen) atoms. The molecule has 2 aromatic heterocycles. The minimum Gasteiger partial charge on any atom is -0.437 e. The third-order valence-electron chi connectivity index (χ3n) is 4.14. The molecule has 0 saturated carbocycles. The summed E-state index contributed by atoms with van der Waals surface area (Å²) in [7, 11) is 0. The largest absolute Gasteiger partial charge is 0.437 e. The quantitative estimate of drug-likeness (QED) is 0.681. The number of anilines is 1. The van der Waals surface area contributed by atoms with E-state index in [-0.39, 0.29) is 5.91 Å². The monoisotopic (exact) mass is 335 g/mol. The van der Waals surface area contributed by atoms with E-state index in [1.807, 2.05) is 29.2 Å². The van der Waals surface area contributed by atoms with Crippen LogP contribution >= 0.6 is 0 Å². The van der Waals surface area contributed by atoms with Gasteiger partial charge in [0.1, 0.15) is 11.3 Å². The van der Waals surface area contributed by atoms with Gasteiger partial charge >= 0.3 is 0 Å². The van der Waals surface area contributed by atoms with Crippen LogP contribution in [-0.2, 0) is 4.79 Å². The van der Waals surface area contributed by atoms with E-state index in [2.05, 4.69) is 19.9 Å². The van der Waals surface area contributed by atoms with Gasteiger partial charge in [-0.2, -0.15) is 0 Å². The highest BCUT2D eigenvalue weighted by molar-refractivity contribution is 5.91. The van der Waals surface area contributed by atoms with Crippen molar-refractivity contribution in [1.82, 2.24) is 19.9 Å². The zero-order valence-electron chi connectivity index (χ0n) is 13.6. The Kier molecular flexibility index (Phi) is 4.12. The maximum absolute atomic E-state index is 12.4. The van der Waals surface area contributed by atoms with Crippen LogP contribution in [0.1, 0.15) is 5.89 Å². The van der Waals surface area contributed by atoms with E-state index in [4.69, 9.17) is 4.42 Å². The Bertz CT molecular complexity index is 865. The van der Waals surface area contributed by atoms with Crippen molar-refractivity contribution in [2.45, 2.75) is 0 Å². The number of para-hydroxylation sites is 2. The number of piperazine rings is 1. The van der Waals surface area contributed by atoms with Crippen molar-refractivity contribution >= 4 is 28.9 Å². The second-order valence-corrected chi connectivity index (χ2v) is 5.73. The van der Waals surface area contributed by atoms with Gasteiger partial charge in [-0.3, -0.25) is 9.78 Å². The third-order valence-corrected chi connectivity index (χ3v) is 4.14. The summed E-state index contributed by atoms with van der Waals surface area (Å²) >= 11 is 0. The first-order chi connectivity index (χ1) is 12.3. The molecule has 0 aliphatic carbocycles. The number of nitrogens with zero attached hydrogens (tertiary/aromatic N) is 5. The Hall–Kier alpha value is -3.22. The lowest BCUT2D eigenvalue weighted by molar-refractivity contribution is -0.126. The smallest absolute Gasteiger partial charge is 0.246 e. The maximum atomic E-state index is 12.4. The van der Waals surface area contributed by atoms with Crippen molar-refractivity contribution in [1.29, 1.82) is 0 Å². The Morgan fingerprint density at radius 2 is 1.96 bits per heavy atom. The van der Waals surface area contributed by atoms with Gasteiger partial charge in [0.25, 0.3) is 0 Å². The number of benzene rings is 1. The Balaban J connectivity index is 1.37. The predicted octanol–water partition coefficient (Wildman–Crippen LogP) is 1.98. The van der Waals surface area contributed by atoms with Crippen molar-refractivity contribution in [2.24, 2.45) is 0 Å². The minimum absolute atomic E-state index is 0.0407. The summed E-state index contributed by atoms with van der Waals surface area (Å²) < 4.78 is 5.59. The minimum atomic E-state index is -0.0407. The number of hydrogen-bond donors (Lipinski definition) is 0. The van der Waals surface area contributed by atoms with Crippen molar-refractivity contribution in [2.75, 3.05) is 31.1 Å². The molecule has 1 amide bonds. The number of amides is 1. The number of fused-ring (bicyclic) bond motifs is 1. The van der Waals surface area contributed by atoms with Crippen LogP contribution in [0, 0.1) is 0 Å². The molecule has 0 spiro atoms. The topological polar surface area (TPSA) is 75.4 Å². The highest BCUT2D eigenvalue weighted by Gasteiger charge is 2.20. The van der Waals surface area contributed by atoms with E-state index in [0.29, 0.717) is 24.6 Å². The normalized spacial score (nSPS) is 15.2. The molecule has 7 nitrogen and oxygen atoms in total. The summed E-state index contributed by atoms with van der Waals surface area (Å²) in [4.78, 5) is 29.0. The summed E-state index contributed by atoms with van der Waals surface area (Å²) in [6, 6.07) is 7.53. The van der Waals surface area contributed by atoms with Gasteiger partial charge in [0.15, 0.2) is 5.58 Å². The van der Waals surface area contributed by atoms with Crippen LogP contribution in [0.2, 0.25) is 0 Å². The predicted molar refractivity (Wildman–Crippen MR) is 93.9 cm³/mol. The van der Waals surface area contributed by atoms with Gasteiger partial charge in [-0.15, -0.1) is 0 Å². The molecule has 0 N–H and O–H groups in total. The Labute approximate surface area is 144 Å². The molecule has 0 radical (unpaired) electrons. The number of rotatable bonds is 3. The lowest BCUT2D eigenvalue weighted by Gasteiger charge is -2.34. The van der Waals surface area contributed by atoms with Gasteiger partial charge in [0, 0.05) is 50.7 Å². The van der Waals surface area contributed by atoms with Crippen LogP contribution in [-0.4, -0.2) is 51.9 Å². The van der Waals surface area contributed by atoms with E-state index in [9.17, 15) is 4.79 Å². The number of carbonyl (C=O) groups is 1. The first kappa shape index (κ1) is 15.3. The second-order valence-electron chi connectivity index (χ2n) is 5.73. The molecule has 126 valence electrons. The molecule has 1 fully saturated rings. The molecule has 1 aliphatic rings. The first-order valence-electron chi connectivity index (χ1n) is 8.13. The van der Waals surface area contributed by atoms with Crippen LogP contribution in [0.15, 0.2) is 53.3 Å². The molecule has 4 rings (SSSR count). The lowest BCUT2D eigenvalue weighted by atomic mass is 10.3. The third kappa shape index (κ3) is 3.35. The van der Waals surface area contributed by atoms with Gasteiger partial charge in [0.2, 0.25) is 11.8 Å². The van der Waals surface area contributed by atoms with E-state index >= 15 is 0 Å². The van der Waals surface area contributed by atoms with E-state index in [1.54, 1.807) is 24.7 Å². The van der Waals surface area contributed by atoms with Gasteiger partial charge in [0.05, 0.1) is 6.20 Å². The standard InChI is InChI=1S/C18H17N5O2/c24-18(6-5-17-21-14-3-1-2-4-15(14)25-17)23-11-9-22(10-12-23)16-13-19-7-8-20-16/h1-8,13H,9-12H2/b6-5+. The molecule has 0 unspecified atom stereocenters. The van der Waals surface area contributed by atoms with E-state index < -0.39 is 0 Å². The molecular weight excluding hydrogens is 318 g/mol. The number of aromatic nitrogens is 3. The van der Waals surface area contributed by atoms with Crippen LogP contribution in [0.3, 0.4) is 0 Å². The zero-order valence-corrected chi connectivity index (χ0v) is 13.6. The molecule has 1 aliphatic heterocycles. The van der Waals surface area contributed by atoms with Crippen LogP contribution < -0.4 is 4.90 Å². The highest BCUT2D eigenvalue weighted by Crippen LogP contribution is 2.16. The fourth-order valence-corrected chi connectivity index (χ4v) is 2.82. The number of oxazole rings is 1. The first-order valence-corrected chi connectivity index (χ1v) is 8.13. The average molecular weight is 335 g/mol. The van der Waals surface area contributed by atoms with Crippen molar-refractivity contribution in [3.05, 3.63) is 54.8 Å². The summed E-state index contributed by atoms with van der Waals surface area (Å²) in [6.07, 6.45) is 8.21. The maximum Gasteiger partial charge on any atom is 0.246 e. The summed E-state index contributed by atoms with van der Waals surface area (Å²) in [6.45, 7) is 2.77. The molecule has 3 heterocycles. The van der Waals surface area contributed by atoms with E-state index in [0.717, 1.165) is 24.4 Å². The average Bonchev–Trinajstić information content (AvgIpc) is 3.10. The molecule has 3 aromatic rings. The van der Waals surface area contributed by atoms with Gasteiger partial charge in [-0.25, -0.2) is 9.97 Å². The molecular formula is C18H17N5O2. The molecule has 1 saturated heterocycles.